The molecule has 4 aromatic rings. The molecule has 0 aliphatic heterocycles. The molecule has 6 nitrogen and oxygen atoms in total. The van der Waals surface area contributed by atoms with E-state index in [1.54, 1.807) is 12.1 Å². The second-order valence-corrected chi connectivity index (χ2v) is 7.06. The number of carbonyl (C=O) groups excluding carboxylic acids is 1. The summed E-state index contributed by atoms with van der Waals surface area (Å²) in [6.07, 6.45) is 0. The van der Waals surface area contributed by atoms with Gasteiger partial charge in [-0.05, 0) is 60.2 Å². The summed E-state index contributed by atoms with van der Waals surface area (Å²) in [5.41, 5.74) is 1.94. The summed E-state index contributed by atoms with van der Waals surface area (Å²) in [7, 11) is 0. The van der Waals surface area contributed by atoms with E-state index in [0.717, 1.165) is 22.1 Å². The zero-order chi connectivity index (χ0) is 21.6. The molecule has 6 heteroatoms. The molecule has 0 unspecified atom stereocenters. The third-order valence-corrected chi connectivity index (χ3v) is 4.95. The lowest BCUT2D eigenvalue weighted by molar-refractivity contribution is 0.0952. The lowest BCUT2D eigenvalue weighted by atomic mass is 10.1. The van der Waals surface area contributed by atoms with Crippen molar-refractivity contribution in [3.63, 3.8) is 0 Å². The van der Waals surface area contributed by atoms with Crippen molar-refractivity contribution in [3.8, 4) is 17.0 Å². The number of rotatable bonds is 7. The third kappa shape index (κ3) is 4.80. The minimum absolute atomic E-state index is 0.179. The molecule has 0 saturated heterocycles. The maximum atomic E-state index is 12.5. The first-order valence-corrected chi connectivity index (χ1v) is 10.2. The van der Waals surface area contributed by atoms with Gasteiger partial charge in [-0.1, -0.05) is 30.3 Å². The Bertz CT molecular complexity index is 1260. The molecule has 0 spiro atoms. The van der Waals surface area contributed by atoms with E-state index < -0.39 is 0 Å². The smallest absolute Gasteiger partial charge is 0.266 e. The number of nitrogens with one attached hydrogen (secondary N) is 1. The molecule has 0 radical (unpaired) electrons. The summed E-state index contributed by atoms with van der Waals surface area (Å²) in [4.78, 5) is 24.7. The molecule has 1 N–H and O–H groups in total. The molecule has 1 aromatic heterocycles. The quantitative estimate of drug-likeness (QED) is 0.499. The van der Waals surface area contributed by atoms with Crippen LogP contribution in [0.2, 0.25) is 0 Å². The number of nitrogens with zero attached hydrogens (tertiary/aromatic N) is 2. The molecule has 4 rings (SSSR count). The van der Waals surface area contributed by atoms with Crippen molar-refractivity contribution in [3.05, 3.63) is 94.8 Å². The number of ether oxygens (including phenoxy) is 1. The minimum atomic E-state index is -0.213. The molecular weight excluding hydrogens is 390 g/mol. The monoisotopic (exact) mass is 413 g/mol. The Balaban J connectivity index is 1.42. The summed E-state index contributed by atoms with van der Waals surface area (Å²) >= 11 is 0. The Morgan fingerprint density at radius 1 is 0.968 bits per heavy atom. The fraction of sp³-hybridized carbons (Fsp3) is 0.160. The normalized spacial score (nSPS) is 10.7. The minimum Gasteiger partial charge on any atom is -0.494 e. The van der Waals surface area contributed by atoms with E-state index in [2.05, 4.69) is 10.4 Å². The van der Waals surface area contributed by atoms with Crippen LogP contribution in [0.5, 0.6) is 5.75 Å². The average molecular weight is 413 g/mol. The molecule has 0 atom stereocenters. The van der Waals surface area contributed by atoms with E-state index in [1.165, 1.54) is 10.7 Å². The van der Waals surface area contributed by atoms with Gasteiger partial charge in [0.2, 0.25) is 0 Å². The first-order valence-electron chi connectivity index (χ1n) is 10.2. The number of fused-ring (bicyclic) bond motifs is 1. The van der Waals surface area contributed by atoms with Gasteiger partial charge in [-0.3, -0.25) is 9.59 Å². The number of carbonyl (C=O) groups is 1. The van der Waals surface area contributed by atoms with Crippen molar-refractivity contribution in [2.45, 2.75) is 13.5 Å². The van der Waals surface area contributed by atoms with Gasteiger partial charge in [0, 0.05) is 23.7 Å². The zero-order valence-corrected chi connectivity index (χ0v) is 17.2. The molecular formula is C25H23N3O3. The standard InChI is InChI=1S/C25H23N3O3/c1-2-31-22-11-9-19(10-12-22)23-13-14-24(29)28(27-23)16-15-26-25(30)21-8-7-18-5-3-4-6-20(18)17-21/h3-14,17H,2,15-16H2,1H3,(H,26,30). The van der Waals surface area contributed by atoms with Crippen LogP contribution in [0.15, 0.2) is 83.7 Å². The predicted octanol–water partition coefficient (Wildman–Crippen LogP) is 3.89. The highest BCUT2D eigenvalue weighted by atomic mass is 16.5. The highest BCUT2D eigenvalue weighted by Crippen LogP contribution is 2.20. The Kier molecular flexibility index (Phi) is 6.08. The summed E-state index contributed by atoms with van der Waals surface area (Å²) in [5.74, 6) is 0.609. The molecule has 1 heterocycles. The van der Waals surface area contributed by atoms with Gasteiger partial charge in [0.15, 0.2) is 0 Å². The van der Waals surface area contributed by atoms with Crippen molar-refractivity contribution >= 4 is 16.7 Å². The van der Waals surface area contributed by atoms with Crippen LogP contribution in [-0.2, 0) is 6.54 Å². The van der Waals surface area contributed by atoms with Crippen LogP contribution in [0, 0.1) is 0 Å². The van der Waals surface area contributed by atoms with Crippen LogP contribution in [0.3, 0.4) is 0 Å². The lowest BCUT2D eigenvalue weighted by Crippen LogP contribution is -2.31. The molecule has 0 aliphatic carbocycles. The molecule has 0 saturated carbocycles. The largest absolute Gasteiger partial charge is 0.494 e. The molecule has 0 fully saturated rings. The summed E-state index contributed by atoms with van der Waals surface area (Å²) in [5, 5.41) is 9.40. The van der Waals surface area contributed by atoms with Gasteiger partial charge in [0.1, 0.15) is 5.75 Å². The molecule has 31 heavy (non-hydrogen) atoms. The Hall–Kier alpha value is -3.93. The second kappa shape index (κ2) is 9.26. The average Bonchev–Trinajstić information content (AvgIpc) is 2.80. The highest BCUT2D eigenvalue weighted by molar-refractivity contribution is 5.98. The van der Waals surface area contributed by atoms with E-state index >= 15 is 0 Å². The third-order valence-electron chi connectivity index (χ3n) is 4.95. The fourth-order valence-corrected chi connectivity index (χ4v) is 3.36. The van der Waals surface area contributed by atoms with Gasteiger partial charge in [-0.25, -0.2) is 4.68 Å². The lowest BCUT2D eigenvalue weighted by Gasteiger charge is -2.10. The van der Waals surface area contributed by atoms with Crippen molar-refractivity contribution in [1.82, 2.24) is 15.1 Å². The highest BCUT2D eigenvalue weighted by Gasteiger charge is 2.08. The van der Waals surface area contributed by atoms with E-state index in [-0.39, 0.29) is 18.0 Å². The SMILES string of the molecule is CCOc1ccc(-c2ccc(=O)n(CCNC(=O)c3ccc4ccccc4c3)n2)cc1. The maximum Gasteiger partial charge on any atom is 0.266 e. The maximum absolute atomic E-state index is 12.5. The summed E-state index contributed by atoms with van der Waals surface area (Å²) < 4.78 is 6.83. The first kappa shape index (κ1) is 20.3. The number of amides is 1. The van der Waals surface area contributed by atoms with Crippen LogP contribution in [0.4, 0.5) is 0 Å². The Morgan fingerprint density at radius 2 is 1.74 bits per heavy atom. The number of aromatic nitrogens is 2. The van der Waals surface area contributed by atoms with E-state index in [9.17, 15) is 9.59 Å². The van der Waals surface area contributed by atoms with E-state index in [0.29, 0.717) is 24.4 Å². The second-order valence-electron chi connectivity index (χ2n) is 7.06. The zero-order valence-electron chi connectivity index (χ0n) is 17.2. The van der Waals surface area contributed by atoms with Crippen LogP contribution in [-0.4, -0.2) is 28.8 Å². The van der Waals surface area contributed by atoms with Crippen molar-refractivity contribution < 1.29 is 9.53 Å². The molecule has 156 valence electrons. The van der Waals surface area contributed by atoms with Crippen LogP contribution in [0.25, 0.3) is 22.0 Å². The van der Waals surface area contributed by atoms with E-state index in [4.69, 9.17) is 4.74 Å². The summed E-state index contributed by atoms with van der Waals surface area (Å²) in [6.45, 7) is 3.12. The Labute approximate surface area is 180 Å². The van der Waals surface area contributed by atoms with Gasteiger partial charge in [0.25, 0.3) is 11.5 Å². The van der Waals surface area contributed by atoms with Crippen molar-refractivity contribution in [2.75, 3.05) is 13.2 Å². The Morgan fingerprint density at radius 3 is 2.52 bits per heavy atom. The van der Waals surface area contributed by atoms with Crippen LogP contribution >= 0.6 is 0 Å². The number of hydrogen-bond donors (Lipinski definition) is 1. The van der Waals surface area contributed by atoms with E-state index in [1.807, 2.05) is 67.6 Å². The first-order chi connectivity index (χ1) is 15.1. The molecule has 1 amide bonds. The van der Waals surface area contributed by atoms with Crippen LogP contribution < -0.4 is 15.6 Å². The van der Waals surface area contributed by atoms with Gasteiger partial charge < -0.3 is 10.1 Å². The van der Waals surface area contributed by atoms with Gasteiger partial charge in [-0.15, -0.1) is 0 Å². The van der Waals surface area contributed by atoms with Gasteiger partial charge in [0.05, 0.1) is 18.8 Å². The molecule has 0 aliphatic rings. The van der Waals surface area contributed by atoms with Crippen molar-refractivity contribution in [2.24, 2.45) is 0 Å². The van der Waals surface area contributed by atoms with Crippen molar-refractivity contribution in [1.29, 1.82) is 0 Å². The molecule has 0 bridgehead atoms. The molecule has 3 aromatic carbocycles. The topological polar surface area (TPSA) is 73.2 Å². The number of benzene rings is 3. The predicted molar refractivity (Wildman–Crippen MR) is 121 cm³/mol. The summed E-state index contributed by atoms with van der Waals surface area (Å²) in [6, 6.07) is 24.2. The van der Waals surface area contributed by atoms with Gasteiger partial charge in [-0.2, -0.15) is 5.10 Å². The number of hydrogen-bond acceptors (Lipinski definition) is 4. The van der Waals surface area contributed by atoms with Gasteiger partial charge >= 0.3 is 0 Å². The van der Waals surface area contributed by atoms with Crippen LogP contribution in [0.1, 0.15) is 17.3 Å². The fourth-order valence-electron chi connectivity index (χ4n) is 3.36.